The highest BCUT2D eigenvalue weighted by molar-refractivity contribution is 7.84. The number of para-hydroxylation sites is 2. The van der Waals surface area contributed by atoms with Gasteiger partial charge in [-0.2, -0.15) is 26.3 Å². The summed E-state index contributed by atoms with van der Waals surface area (Å²) in [5.74, 6) is -0.183. The van der Waals surface area contributed by atoms with Gasteiger partial charge in [0.05, 0.1) is 45.5 Å². The van der Waals surface area contributed by atoms with E-state index in [4.69, 9.17) is 9.47 Å². The monoisotopic (exact) mass is 572 g/mol. The largest absolute Gasteiger partial charge is 0.484 e. The minimum atomic E-state index is -4.52. The number of benzene rings is 1. The minimum absolute atomic E-state index is 0.0138. The predicted molar refractivity (Wildman–Crippen MR) is 130 cm³/mol. The molecule has 0 radical (unpaired) electrons. The molecule has 0 amide bonds. The van der Waals surface area contributed by atoms with E-state index in [9.17, 15) is 30.6 Å². The predicted octanol–water partition coefficient (Wildman–Crippen LogP) is 5.68. The van der Waals surface area contributed by atoms with E-state index in [1.807, 2.05) is 0 Å². The van der Waals surface area contributed by atoms with Crippen LogP contribution < -0.4 is 9.47 Å². The second-order valence-electron chi connectivity index (χ2n) is 8.53. The number of hydrogen-bond donors (Lipinski definition) is 0. The second-order valence-corrected chi connectivity index (χ2v) is 9.87. The summed E-state index contributed by atoms with van der Waals surface area (Å²) in [5, 5.41) is 0.141. The summed E-state index contributed by atoms with van der Waals surface area (Å²) < 4.78 is 101. The average Bonchev–Trinajstić information content (AvgIpc) is 3.22. The molecule has 0 saturated heterocycles. The topological polar surface area (TPSA) is 79.1 Å². The van der Waals surface area contributed by atoms with Crippen molar-refractivity contribution in [1.29, 1.82) is 0 Å². The van der Waals surface area contributed by atoms with Gasteiger partial charge in [-0.3, -0.25) is 14.2 Å². The lowest BCUT2D eigenvalue weighted by molar-refractivity contribution is -0.154. The fraction of sp³-hybridized carbons (Fsp3) is 0.320. The molecule has 0 spiro atoms. The van der Waals surface area contributed by atoms with Crippen LogP contribution in [0.25, 0.3) is 11.0 Å². The Hall–Kier alpha value is -3.68. The summed E-state index contributed by atoms with van der Waals surface area (Å²) in [7, 11) is -1.82. The summed E-state index contributed by atoms with van der Waals surface area (Å²) >= 11 is 0. The van der Waals surface area contributed by atoms with Crippen molar-refractivity contribution >= 4 is 21.8 Å². The van der Waals surface area contributed by atoms with Crippen LogP contribution in [0.15, 0.2) is 53.9 Å². The molecule has 39 heavy (non-hydrogen) atoms. The van der Waals surface area contributed by atoms with Crippen LogP contribution in [0.2, 0.25) is 0 Å². The summed E-state index contributed by atoms with van der Waals surface area (Å²) in [4.78, 5) is 12.9. The highest BCUT2D eigenvalue weighted by Gasteiger charge is 2.30. The summed E-state index contributed by atoms with van der Waals surface area (Å²) in [6.07, 6.45) is -6.44. The van der Waals surface area contributed by atoms with Gasteiger partial charge in [-0.15, -0.1) is 0 Å². The molecule has 3 aromatic heterocycles. The third-order valence-corrected chi connectivity index (χ3v) is 6.95. The normalized spacial score (nSPS) is 13.0. The van der Waals surface area contributed by atoms with E-state index in [2.05, 4.69) is 15.0 Å². The maximum absolute atomic E-state index is 13.5. The molecule has 1 atom stereocenters. The maximum atomic E-state index is 13.5. The Labute approximate surface area is 221 Å². The van der Waals surface area contributed by atoms with Gasteiger partial charge < -0.3 is 14.0 Å². The second kappa shape index (κ2) is 11.2. The van der Waals surface area contributed by atoms with Crippen molar-refractivity contribution in [2.75, 3.05) is 13.2 Å². The molecule has 1 aromatic carbocycles. The van der Waals surface area contributed by atoms with E-state index in [1.54, 1.807) is 35.8 Å². The van der Waals surface area contributed by atoms with Crippen LogP contribution >= 0.6 is 0 Å². The van der Waals surface area contributed by atoms with Crippen LogP contribution in [-0.2, 0) is 23.1 Å². The van der Waals surface area contributed by atoms with E-state index >= 15 is 0 Å². The molecule has 0 aliphatic rings. The van der Waals surface area contributed by atoms with Crippen LogP contribution in [0, 0.1) is 13.8 Å². The van der Waals surface area contributed by atoms with Gasteiger partial charge in [0.1, 0.15) is 11.5 Å². The SMILES string of the molecule is Cc1c(OCC(F)(F)F)ccnc1Cn1c(S(=O)Cc2nccc(OCC(F)(F)F)c2C)nc2ccccc21. The van der Waals surface area contributed by atoms with Crippen LogP contribution in [-0.4, -0.2) is 49.3 Å². The van der Waals surface area contributed by atoms with E-state index in [1.165, 1.54) is 31.5 Å². The molecule has 4 rings (SSSR count). The quantitative estimate of drug-likeness (QED) is 0.240. The zero-order valence-electron chi connectivity index (χ0n) is 20.6. The van der Waals surface area contributed by atoms with E-state index in [-0.39, 0.29) is 34.6 Å². The van der Waals surface area contributed by atoms with Gasteiger partial charge in [-0.05, 0) is 38.1 Å². The van der Waals surface area contributed by atoms with Gasteiger partial charge in [0.25, 0.3) is 0 Å². The summed E-state index contributed by atoms with van der Waals surface area (Å²) in [5.41, 5.74) is 2.47. The van der Waals surface area contributed by atoms with Crippen molar-refractivity contribution in [3.8, 4) is 11.5 Å². The molecule has 208 valence electrons. The Bertz CT molecular complexity index is 1500. The Kier molecular flexibility index (Phi) is 8.14. The minimum Gasteiger partial charge on any atom is -0.484 e. The van der Waals surface area contributed by atoms with Crippen molar-refractivity contribution in [1.82, 2.24) is 19.5 Å². The molecule has 0 fully saturated rings. The number of fused-ring (bicyclic) bond motifs is 1. The van der Waals surface area contributed by atoms with Gasteiger partial charge in [0.2, 0.25) is 5.16 Å². The number of imidazole rings is 1. The maximum Gasteiger partial charge on any atom is 0.422 e. The first kappa shape index (κ1) is 28.3. The lowest BCUT2D eigenvalue weighted by Crippen LogP contribution is -2.20. The third-order valence-electron chi connectivity index (χ3n) is 5.70. The van der Waals surface area contributed by atoms with Crippen molar-refractivity contribution in [2.45, 2.75) is 43.7 Å². The molecule has 0 aliphatic carbocycles. The fourth-order valence-corrected chi connectivity index (χ4v) is 5.05. The van der Waals surface area contributed by atoms with Crippen LogP contribution in [0.5, 0.6) is 11.5 Å². The molecule has 0 saturated carbocycles. The molecular formula is C25H22F6N4O3S. The Balaban J connectivity index is 1.65. The van der Waals surface area contributed by atoms with Crippen LogP contribution in [0.1, 0.15) is 22.5 Å². The van der Waals surface area contributed by atoms with Gasteiger partial charge in [0, 0.05) is 23.5 Å². The first-order chi connectivity index (χ1) is 18.3. The summed E-state index contributed by atoms with van der Waals surface area (Å²) in [6, 6.07) is 9.59. The number of alkyl halides is 6. The number of aromatic nitrogens is 4. The number of pyridine rings is 2. The number of ether oxygens (including phenoxy) is 2. The van der Waals surface area contributed by atoms with Crippen molar-refractivity contribution in [3.05, 3.63) is 71.3 Å². The van der Waals surface area contributed by atoms with E-state index < -0.39 is 36.4 Å². The fourth-order valence-electron chi connectivity index (χ4n) is 3.77. The molecular weight excluding hydrogens is 550 g/mol. The van der Waals surface area contributed by atoms with Gasteiger partial charge in [0.15, 0.2) is 13.2 Å². The molecule has 1 unspecified atom stereocenters. The Morgan fingerprint density at radius 3 is 1.95 bits per heavy atom. The summed E-state index contributed by atoms with van der Waals surface area (Å²) in [6.45, 7) is 0.183. The highest BCUT2D eigenvalue weighted by atomic mass is 32.2. The third kappa shape index (κ3) is 7.05. The average molecular weight is 573 g/mol. The van der Waals surface area contributed by atoms with Crippen molar-refractivity contribution in [3.63, 3.8) is 0 Å². The molecule has 14 heteroatoms. The zero-order chi connectivity index (χ0) is 28.4. The molecule has 3 heterocycles. The molecule has 0 aliphatic heterocycles. The van der Waals surface area contributed by atoms with Gasteiger partial charge >= 0.3 is 12.4 Å². The highest BCUT2D eigenvalue weighted by Crippen LogP contribution is 2.28. The van der Waals surface area contributed by atoms with E-state index in [0.29, 0.717) is 27.9 Å². The Morgan fingerprint density at radius 2 is 1.36 bits per heavy atom. The molecule has 0 bridgehead atoms. The Morgan fingerprint density at radius 1 is 0.821 bits per heavy atom. The number of rotatable bonds is 9. The first-order valence-electron chi connectivity index (χ1n) is 11.4. The lowest BCUT2D eigenvalue weighted by atomic mass is 10.2. The molecule has 4 aromatic rings. The van der Waals surface area contributed by atoms with Gasteiger partial charge in [-0.1, -0.05) is 12.1 Å². The molecule has 7 nitrogen and oxygen atoms in total. The number of hydrogen-bond acceptors (Lipinski definition) is 6. The molecule has 0 N–H and O–H groups in total. The van der Waals surface area contributed by atoms with E-state index in [0.717, 1.165) is 0 Å². The van der Waals surface area contributed by atoms with Crippen molar-refractivity contribution in [2.24, 2.45) is 0 Å². The van der Waals surface area contributed by atoms with Gasteiger partial charge in [-0.25, -0.2) is 4.98 Å². The number of nitrogens with zero attached hydrogens (tertiary/aromatic N) is 4. The lowest BCUT2D eigenvalue weighted by Gasteiger charge is -2.15. The van der Waals surface area contributed by atoms with Crippen LogP contribution in [0.3, 0.4) is 0 Å². The zero-order valence-corrected chi connectivity index (χ0v) is 21.5. The first-order valence-corrected chi connectivity index (χ1v) is 12.8. The van der Waals surface area contributed by atoms with Crippen molar-refractivity contribution < 1.29 is 40.0 Å². The van der Waals surface area contributed by atoms with Crippen LogP contribution in [0.4, 0.5) is 26.3 Å². The standard InChI is InChI=1S/C25H22F6N4O3S/c1-15-18(32-9-7-21(15)37-13-24(26,27)28)11-35-20-6-4-3-5-17(20)34-23(35)39(36)12-19-16(2)22(8-10-33-19)38-14-25(29,30)31/h3-10H,11-14H2,1-2H3. The smallest absolute Gasteiger partial charge is 0.422 e. The number of halogens is 6.